The van der Waals surface area contributed by atoms with Crippen LogP contribution in [0.15, 0.2) is 97.1 Å². The van der Waals surface area contributed by atoms with Crippen LogP contribution < -0.4 is 34.3 Å². The minimum absolute atomic E-state index is 0.278. The number of carbonyl (C=O) groups excluding carboxylic acids is 2. The first-order chi connectivity index (χ1) is 20.9. The minimum Gasteiger partial charge on any atom is -0.493 e. The van der Waals surface area contributed by atoms with Crippen molar-refractivity contribution in [3.05, 3.63) is 108 Å². The molecule has 0 aliphatic heterocycles. The third-order valence-electron chi connectivity index (χ3n) is 6.15. The molecule has 0 bridgehead atoms. The summed E-state index contributed by atoms with van der Waals surface area (Å²) in [6.07, 6.45) is 6.26. The van der Waals surface area contributed by atoms with Crippen LogP contribution in [0, 0.1) is 0 Å². The Bertz CT molecular complexity index is 1490. The smallest absolute Gasteiger partial charge is 0.248 e. The molecule has 0 aromatic heterocycles. The first kappa shape index (κ1) is 30.3. The quantitative estimate of drug-likeness (QED) is 0.177. The number of amides is 2. The van der Waals surface area contributed by atoms with E-state index in [4.69, 9.17) is 23.7 Å². The van der Waals surface area contributed by atoms with Gasteiger partial charge in [0.25, 0.3) is 0 Å². The molecule has 4 aromatic rings. The van der Waals surface area contributed by atoms with E-state index in [2.05, 4.69) is 10.6 Å². The highest BCUT2D eigenvalue weighted by molar-refractivity contribution is 6.02. The van der Waals surface area contributed by atoms with Gasteiger partial charge in [-0.1, -0.05) is 12.1 Å². The summed E-state index contributed by atoms with van der Waals surface area (Å²) in [5, 5.41) is 5.63. The van der Waals surface area contributed by atoms with E-state index in [-0.39, 0.29) is 11.8 Å². The summed E-state index contributed by atoms with van der Waals surface area (Å²) in [4.78, 5) is 24.8. The Morgan fingerprint density at radius 1 is 0.512 bits per heavy atom. The van der Waals surface area contributed by atoms with Gasteiger partial charge in [0.15, 0.2) is 23.0 Å². The second-order valence-electron chi connectivity index (χ2n) is 9.02. The average molecular weight is 581 g/mol. The summed E-state index contributed by atoms with van der Waals surface area (Å²) in [6.45, 7) is 0. The van der Waals surface area contributed by atoms with Crippen molar-refractivity contribution in [1.29, 1.82) is 0 Å². The fourth-order valence-electron chi connectivity index (χ4n) is 3.97. The minimum atomic E-state index is -0.278. The third-order valence-corrected chi connectivity index (χ3v) is 6.15. The Balaban J connectivity index is 1.27. The molecule has 0 saturated carbocycles. The van der Waals surface area contributed by atoms with Crippen LogP contribution in [-0.2, 0) is 9.59 Å². The van der Waals surface area contributed by atoms with E-state index in [9.17, 15) is 9.59 Å². The Labute approximate surface area is 250 Å². The van der Waals surface area contributed by atoms with Crippen LogP contribution in [0.5, 0.6) is 34.5 Å². The van der Waals surface area contributed by atoms with E-state index >= 15 is 0 Å². The maximum Gasteiger partial charge on any atom is 0.248 e. The van der Waals surface area contributed by atoms with Crippen LogP contribution in [0.4, 0.5) is 11.4 Å². The van der Waals surface area contributed by atoms with Crippen molar-refractivity contribution in [2.24, 2.45) is 0 Å². The predicted octanol–water partition coefficient (Wildman–Crippen LogP) is 6.82. The van der Waals surface area contributed by atoms with Crippen LogP contribution in [-0.4, -0.2) is 40.3 Å². The number of ether oxygens (including phenoxy) is 5. The van der Waals surface area contributed by atoms with Crippen molar-refractivity contribution >= 4 is 35.3 Å². The van der Waals surface area contributed by atoms with Crippen molar-refractivity contribution in [2.75, 3.05) is 39.1 Å². The molecule has 220 valence electrons. The summed E-state index contributed by atoms with van der Waals surface area (Å²) in [6, 6.07) is 24.8. The highest BCUT2D eigenvalue weighted by Crippen LogP contribution is 2.29. The van der Waals surface area contributed by atoms with Gasteiger partial charge in [0, 0.05) is 23.5 Å². The number of benzene rings is 4. The molecule has 4 aromatic carbocycles. The van der Waals surface area contributed by atoms with E-state index in [1.54, 1.807) is 113 Å². The van der Waals surface area contributed by atoms with E-state index in [1.807, 2.05) is 12.1 Å². The molecule has 9 heteroatoms. The molecule has 43 heavy (non-hydrogen) atoms. The van der Waals surface area contributed by atoms with Crippen molar-refractivity contribution in [1.82, 2.24) is 0 Å². The Morgan fingerprint density at radius 3 is 1.23 bits per heavy atom. The van der Waals surface area contributed by atoms with Gasteiger partial charge < -0.3 is 34.3 Å². The van der Waals surface area contributed by atoms with Crippen molar-refractivity contribution < 1.29 is 33.3 Å². The fraction of sp³-hybridized carbons (Fsp3) is 0.118. The molecule has 2 N–H and O–H groups in total. The molecule has 0 fully saturated rings. The molecule has 0 saturated heterocycles. The summed E-state index contributed by atoms with van der Waals surface area (Å²) in [5.74, 6) is 3.02. The molecule has 0 radical (unpaired) electrons. The third kappa shape index (κ3) is 8.64. The lowest BCUT2D eigenvalue weighted by molar-refractivity contribution is -0.112. The number of anilines is 2. The van der Waals surface area contributed by atoms with Crippen molar-refractivity contribution in [2.45, 2.75) is 0 Å². The van der Waals surface area contributed by atoms with Crippen LogP contribution in [0.25, 0.3) is 12.2 Å². The molecule has 4 rings (SSSR count). The van der Waals surface area contributed by atoms with Gasteiger partial charge in [-0.05, 0) is 96.1 Å². The Kier molecular flexibility index (Phi) is 10.4. The van der Waals surface area contributed by atoms with Crippen LogP contribution in [0.3, 0.4) is 0 Å². The number of methoxy groups -OCH3 is 4. The van der Waals surface area contributed by atoms with Gasteiger partial charge in [-0.15, -0.1) is 0 Å². The molecule has 0 heterocycles. The van der Waals surface area contributed by atoms with Gasteiger partial charge in [-0.2, -0.15) is 0 Å². The summed E-state index contributed by atoms with van der Waals surface area (Å²) < 4.78 is 26.9. The Morgan fingerprint density at radius 2 is 0.884 bits per heavy atom. The number of carbonyl (C=O) groups is 2. The summed E-state index contributed by atoms with van der Waals surface area (Å²) in [7, 11) is 6.25. The lowest BCUT2D eigenvalue weighted by atomic mass is 10.2. The van der Waals surface area contributed by atoms with Gasteiger partial charge in [-0.3, -0.25) is 9.59 Å². The van der Waals surface area contributed by atoms with Crippen LogP contribution >= 0.6 is 0 Å². The zero-order valence-corrected chi connectivity index (χ0v) is 24.3. The zero-order valence-electron chi connectivity index (χ0n) is 24.3. The van der Waals surface area contributed by atoms with Crippen LogP contribution in [0.1, 0.15) is 11.1 Å². The number of hydrogen-bond donors (Lipinski definition) is 2. The van der Waals surface area contributed by atoms with E-state index in [0.717, 1.165) is 11.1 Å². The lowest BCUT2D eigenvalue weighted by Crippen LogP contribution is -2.07. The van der Waals surface area contributed by atoms with E-state index in [1.165, 1.54) is 12.2 Å². The standard InChI is InChI=1S/C34H32N2O7/c1-39-29-17-5-23(21-31(29)41-3)7-19-33(37)35-25-9-13-27(14-10-25)43-28-15-11-26(12-16-28)36-34(38)20-8-24-6-18-30(40-2)32(22-24)42-4/h5-22H,1-4H3,(H,35,37)(H,36,38). The molecule has 0 atom stereocenters. The summed E-state index contributed by atoms with van der Waals surface area (Å²) in [5.41, 5.74) is 2.84. The molecule has 2 amide bonds. The molecular formula is C34H32N2O7. The highest BCUT2D eigenvalue weighted by atomic mass is 16.5. The summed E-state index contributed by atoms with van der Waals surface area (Å²) >= 11 is 0. The van der Waals surface area contributed by atoms with Gasteiger partial charge in [0.2, 0.25) is 11.8 Å². The lowest BCUT2D eigenvalue weighted by Gasteiger charge is -2.09. The normalized spacial score (nSPS) is 10.8. The van der Waals surface area contributed by atoms with Crippen molar-refractivity contribution in [3.63, 3.8) is 0 Å². The second kappa shape index (κ2) is 14.8. The topological polar surface area (TPSA) is 104 Å². The Hall–Kier alpha value is -5.70. The molecule has 0 aliphatic rings. The zero-order chi connectivity index (χ0) is 30.6. The first-order valence-electron chi connectivity index (χ1n) is 13.2. The largest absolute Gasteiger partial charge is 0.493 e. The maximum absolute atomic E-state index is 12.4. The second-order valence-corrected chi connectivity index (χ2v) is 9.02. The van der Waals surface area contributed by atoms with Gasteiger partial charge >= 0.3 is 0 Å². The fourth-order valence-corrected chi connectivity index (χ4v) is 3.97. The van der Waals surface area contributed by atoms with E-state index < -0.39 is 0 Å². The van der Waals surface area contributed by atoms with Crippen molar-refractivity contribution in [3.8, 4) is 34.5 Å². The number of hydrogen-bond acceptors (Lipinski definition) is 7. The molecule has 9 nitrogen and oxygen atoms in total. The SMILES string of the molecule is COc1ccc(C=CC(=O)Nc2ccc(Oc3ccc(NC(=O)C=Cc4ccc(OC)c(OC)c4)cc3)cc2)cc1OC. The monoisotopic (exact) mass is 580 g/mol. The average Bonchev–Trinajstić information content (AvgIpc) is 3.04. The number of nitrogens with one attached hydrogen (secondary N) is 2. The molecular weight excluding hydrogens is 548 g/mol. The highest BCUT2D eigenvalue weighted by Gasteiger charge is 2.06. The van der Waals surface area contributed by atoms with Crippen LogP contribution in [0.2, 0.25) is 0 Å². The maximum atomic E-state index is 12.4. The first-order valence-corrected chi connectivity index (χ1v) is 13.2. The van der Waals surface area contributed by atoms with Gasteiger partial charge in [-0.25, -0.2) is 0 Å². The molecule has 0 spiro atoms. The number of rotatable bonds is 12. The van der Waals surface area contributed by atoms with Gasteiger partial charge in [0.1, 0.15) is 11.5 Å². The predicted molar refractivity (Wildman–Crippen MR) is 167 cm³/mol. The molecule has 0 unspecified atom stereocenters. The van der Waals surface area contributed by atoms with Gasteiger partial charge in [0.05, 0.1) is 28.4 Å². The van der Waals surface area contributed by atoms with E-state index in [0.29, 0.717) is 45.9 Å². The molecule has 0 aliphatic carbocycles.